The number of piperazine rings is 1. The quantitative estimate of drug-likeness (QED) is 0.799. The number of carbonyl (C=O) groups excluding carboxylic acids is 2. The molecule has 1 unspecified atom stereocenters. The van der Waals surface area contributed by atoms with Crippen molar-refractivity contribution in [3.63, 3.8) is 0 Å². The Bertz CT molecular complexity index is 948. The van der Waals surface area contributed by atoms with E-state index in [2.05, 4.69) is 46.5 Å². The lowest BCUT2D eigenvalue weighted by Crippen LogP contribution is -2.56. The van der Waals surface area contributed by atoms with Crippen molar-refractivity contribution in [1.29, 1.82) is 0 Å². The smallest absolute Gasteiger partial charge is 0.249 e. The molecule has 4 rings (SSSR count). The van der Waals surface area contributed by atoms with Gasteiger partial charge in [0.25, 0.3) is 0 Å². The molecule has 0 saturated carbocycles. The van der Waals surface area contributed by atoms with E-state index in [1.807, 2.05) is 47.4 Å². The summed E-state index contributed by atoms with van der Waals surface area (Å²) in [7, 11) is 0. The Morgan fingerprint density at radius 1 is 1.00 bits per heavy atom. The first kappa shape index (κ1) is 20.9. The molecule has 2 aliphatic rings. The van der Waals surface area contributed by atoms with E-state index < -0.39 is 6.04 Å². The van der Waals surface area contributed by atoms with Crippen LogP contribution in [-0.2, 0) is 9.59 Å². The molecule has 7 heteroatoms. The van der Waals surface area contributed by atoms with Gasteiger partial charge in [-0.25, -0.2) is 4.99 Å². The van der Waals surface area contributed by atoms with Crippen molar-refractivity contribution in [1.82, 2.24) is 10.2 Å². The van der Waals surface area contributed by atoms with Gasteiger partial charge in [-0.1, -0.05) is 44.2 Å². The second kappa shape index (κ2) is 9.20. The van der Waals surface area contributed by atoms with Gasteiger partial charge < -0.3 is 15.1 Å². The van der Waals surface area contributed by atoms with Crippen molar-refractivity contribution >= 4 is 29.1 Å². The van der Waals surface area contributed by atoms with E-state index in [1.54, 1.807) is 0 Å². The molecular formula is C24H29N5O2. The molecule has 2 aromatic carbocycles. The number of para-hydroxylation sites is 1. The van der Waals surface area contributed by atoms with Crippen LogP contribution in [-0.4, -0.2) is 54.9 Å². The van der Waals surface area contributed by atoms with Gasteiger partial charge in [0.15, 0.2) is 0 Å². The maximum absolute atomic E-state index is 12.8. The second-order valence-corrected chi connectivity index (χ2v) is 8.30. The van der Waals surface area contributed by atoms with E-state index in [4.69, 9.17) is 0 Å². The van der Waals surface area contributed by atoms with Gasteiger partial charge >= 0.3 is 0 Å². The van der Waals surface area contributed by atoms with Crippen molar-refractivity contribution in [3.05, 3.63) is 60.2 Å². The van der Waals surface area contributed by atoms with E-state index in [1.165, 1.54) is 11.3 Å². The fourth-order valence-electron chi connectivity index (χ4n) is 3.88. The Morgan fingerprint density at radius 3 is 2.29 bits per heavy atom. The highest BCUT2D eigenvalue weighted by Gasteiger charge is 2.30. The summed E-state index contributed by atoms with van der Waals surface area (Å²) in [5.74, 6) is 0.499. The molecule has 1 fully saturated rings. The summed E-state index contributed by atoms with van der Waals surface area (Å²) in [6, 6.07) is 17.4. The van der Waals surface area contributed by atoms with Crippen molar-refractivity contribution in [3.8, 4) is 0 Å². The Morgan fingerprint density at radius 2 is 1.65 bits per heavy atom. The Labute approximate surface area is 183 Å². The van der Waals surface area contributed by atoms with Crippen LogP contribution in [0.5, 0.6) is 0 Å². The van der Waals surface area contributed by atoms with Crippen LogP contribution in [0.3, 0.4) is 0 Å². The monoisotopic (exact) mass is 419 g/mol. The van der Waals surface area contributed by atoms with Crippen molar-refractivity contribution in [2.75, 3.05) is 36.4 Å². The third kappa shape index (κ3) is 5.05. The second-order valence-electron chi connectivity index (χ2n) is 8.30. The molecule has 0 bridgehead atoms. The summed E-state index contributed by atoms with van der Waals surface area (Å²) in [4.78, 5) is 34.0. The van der Waals surface area contributed by atoms with Crippen LogP contribution in [0, 0.1) is 0 Å². The molecule has 0 radical (unpaired) electrons. The van der Waals surface area contributed by atoms with E-state index in [-0.39, 0.29) is 18.2 Å². The highest BCUT2D eigenvalue weighted by molar-refractivity contribution is 6.06. The lowest BCUT2D eigenvalue weighted by Gasteiger charge is -2.38. The first-order chi connectivity index (χ1) is 15.0. The van der Waals surface area contributed by atoms with Crippen LogP contribution < -0.4 is 15.5 Å². The molecule has 2 heterocycles. The number of hydrogen-bond acceptors (Lipinski definition) is 5. The number of benzene rings is 2. The summed E-state index contributed by atoms with van der Waals surface area (Å²) in [5, 5.41) is 5.75. The third-order valence-corrected chi connectivity index (χ3v) is 5.76. The number of nitrogens with one attached hydrogen (secondary N) is 2. The van der Waals surface area contributed by atoms with E-state index in [9.17, 15) is 9.59 Å². The zero-order valence-corrected chi connectivity index (χ0v) is 18.0. The topological polar surface area (TPSA) is 77.0 Å². The molecule has 162 valence electrons. The predicted octanol–water partition coefficient (Wildman–Crippen LogP) is 2.82. The Balaban J connectivity index is 1.39. The van der Waals surface area contributed by atoms with Crippen molar-refractivity contribution < 1.29 is 9.59 Å². The average molecular weight is 420 g/mol. The maximum Gasteiger partial charge on any atom is 0.249 e. The number of carbonyl (C=O) groups is 2. The Hall–Kier alpha value is -3.35. The van der Waals surface area contributed by atoms with Gasteiger partial charge in [-0.15, -0.1) is 0 Å². The van der Waals surface area contributed by atoms with Crippen molar-refractivity contribution in [2.45, 2.75) is 32.2 Å². The number of hydrogen-bond donors (Lipinski definition) is 2. The molecule has 0 aliphatic carbocycles. The highest BCUT2D eigenvalue weighted by Crippen LogP contribution is 2.19. The van der Waals surface area contributed by atoms with Crippen molar-refractivity contribution in [2.24, 2.45) is 4.99 Å². The lowest BCUT2D eigenvalue weighted by molar-refractivity contribution is -0.125. The molecule has 1 atom stereocenters. The zero-order valence-electron chi connectivity index (χ0n) is 18.0. The van der Waals surface area contributed by atoms with Gasteiger partial charge in [-0.3, -0.25) is 14.9 Å². The van der Waals surface area contributed by atoms with Gasteiger partial charge in [0.2, 0.25) is 17.8 Å². The van der Waals surface area contributed by atoms with Gasteiger partial charge in [0.05, 0.1) is 6.42 Å². The normalized spacial score (nSPS) is 19.1. The molecule has 2 amide bonds. The zero-order chi connectivity index (χ0) is 21.8. The van der Waals surface area contributed by atoms with Crippen LogP contribution in [0.25, 0.3) is 0 Å². The lowest BCUT2D eigenvalue weighted by atomic mass is 10.0. The minimum atomic E-state index is -0.722. The van der Waals surface area contributed by atoms with E-state index in [0.29, 0.717) is 17.6 Å². The van der Waals surface area contributed by atoms with E-state index >= 15 is 0 Å². The standard InChI is InChI=1S/C24H29N5O2/c1-17(2)18-8-10-19(11-9-18)25-23(31)21-16-22(30)27-24(26-21)29-14-12-28(13-15-29)20-6-4-3-5-7-20/h3-11,17,21H,12-16H2,1-2H3,(H,25,31)(H,26,27,30). The first-order valence-corrected chi connectivity index (χ1v) is 10.8. The van der Waals surface area contributed by atoms with Crippen LogP contribution in [0.2, 0.25) is 0 Å². The number of nitrogens with zero attached hydrogens (tertiary/aromatic N) is 3. The predicted molar refractivity (Wildman–Crippen MR) is 123 cm³/mol. The summed E-state index contributed by atoms with van der Waals surface area (Å²) in [6.07, 6.45) is 0.0589. The molecular weight excluding hydrogens is 390 g/mol. The minimum Gasteiger partial charge on any atom is -0.368 e. The average Bonchev–Trinajstić information content (AvgIpc) is 2.79. The molecule has 2 N–H and O–H groups in total. The number of guanidine groups is 1. The molecule has 7 nitrogen and oxygen atoms in total. The molecule has 2 aliphatic heterocycles. The molecule has 0 aromatic heterocycles. The molecule has 0 spiro atoms. The highest BCUT2D eigenvalue weighted by atomic mass is 16.2. The van der Waals surface area contributed by atoms with Gasteiger partial charge in [-0.2, -0.15) is 0 Å². The van der Waals surface area contributed by atoms with E-state index in [0.717, 1.165) is 26.2 Å². The SMILES string of the molecule is CC(C)c1ccc(NC(=O)C2CC(=O)NC(N3CCN(c4ccccc4)CC3)=N2)cc1. The maximum atomic E-state index is 12.8. The van der Waals surface area contributed by atoms with Gasteiger partial charge in [0, 0.05) is 37.6 Å². The molecule has 31 heavy (non-hydrogen) atoms. The van der Waals surface area contributed by atoms with Crippen LogP contribution in [0.1, 0.15) is 31.7 Å². The molecule has 1 saturated heterocycles. The van der Waals surface area contributed by atoms with Crippen LogP contribution in [0.15, 0.2) is 59.6 Å². The fourth-order valence-corrected chi connectivity index (χ4v) is 3.88. The summed E-state index contributed by atoms with van der Waals surface area (Å²) >= 11 is 0. The Kier molecular flexibility index (Phi) is 6.21. The minimum absolute atomic E-state index is 0.0589. The third-order valence-electron chi connectivity index (χ3n) is 5.76. The number of anilines is 2. The number of rotatable bonds is 4. The first-order valence-electron chi connectivity index (χ1n) is 10.8. The number of amides is 2. The largest absolute Gasteiger partial charge is 0.368 e. The van der Waals surface area contributed by atoms with Gasteiger partial charge in [-0.05, 0) is 35.7 Å². The number of aliphatic imine (C=N–C) groups is 1. The van der Waals surface area contributed by atoms with Crippen LogP contribution >= 0.6 is 0 Å². The summed E-state index contributed by atoms with van der Waals surface area (Å²) in [6.45, 7) is 7.39. The van der Waals surface area contributed by atoms with Crippen LogP contribution in [0.4, 0.5) is 11.4 Å². The summed E-state index contributed by atoms with van der Waals surface area (Å²) in [5.41, 5.74) is 3.12. The summed E-state index contributed by atoms with van der Waals surface area (Å²) < 4.78 is 0. The van der Waals surface area contributed by atoms with Gasteiger partial charge in [0.1, 0.15) is 6.04 Å². The molecule has 2 aromatic rings. The fraction of sp³-hybridized carbons (Fsp3) is 0.375.